The maximum absolute atomic E-state index is 12.2. The molecule has 1 nitrogen and oxygen atoms in total. The van der Waals surface area contributed by atoms with Crippen LogP contribution in [0.4, 0.5) is 0 Å². The van der Waals surface area contributed by atoms with Crippen LogP contribution in [-0.2, 0) is 4.79 Å². The molecular formula is C14H20O. The van der Waals surface area contributed by atoms with Gasteiger partial charge in [0, 0.05) is 11.3 Å². The van der Waals surface area contributed by atoms with Gasteiger partial charge >= 0.3 is 0 Å². The fourth-order valence-electron chi connectivity index (χ4n) is 1.65. The van der Waals surface area contributed by atoms with Gasteiger partial charge < -0.3 is 0 Å². The fraction of sp³-hybridized carbons (Fsp3) is 0.500. The number of rotatable bonds is 4. The average molecular weight is 204 g/mol. The van der Waals surface area contributed by atoms with Crippen molar-refractivity contribution in [2.75, 3.05) is 0 Å². The highest BCUT2D eigenvalue weighted by Gasteiger charge is 2.30. The second-order valence-electron chi connectivity index (χ2n) is 4.73. The molecule has 0 aliphatic rings. The minimum absolute atomic E-state index is 0.00106. The highest BCUT2D eigenvalue weighted by Crippen LogP contribution is 2.29. The normalized spacial score (nSPS) is 13.6. The third-order valence-corrected chi connectivity index (χ3v) is 3.24. The molecule has 0 spiro atoms. The molecule has 1 aromatic carbocycles. The van der Waals surface area contributed by atoms with Gasteiger partial charge in [-0.3, -0.25) is 4.79 Å². The van der Waals surface area contributed by atoms with Crippen LogP contribution in [-0.4, -0.2) is 5.78 Å². The summed E-state index contributed by atoms with van der Waals surface area (Å²) in [6.45, 7) is 8.11. The quantitative estimate of drug-likeness (QED) is 0.729. The molecule has 1 atom stereocenters. The number of carbonyl (C=O) groups excluding carboxylic acids is 1. The lowest BCUT2D eigenvalue weighted by Crippen LogP contribution is -2.27. The monoisotopic (exact) mass is 204 g/mol. The van der Waals surface area contributed by atoms with Crippen molar-refractivity contribution in [3.8, 4) is 0 Å². The van der Waals surface area contributed by atoms with Crippen molar-refractivity contribution in [2.45, 2.75) is 40.0 Å². The van der Waals surface area contributed by atoms with Gasteiger partial charge in [0.1, 0.15) is 5.78 Å². The van der Waals surface area contributed by atoms with Crippen LogP contribution in [0, 0.1) is 5.41 Å². The van der Waals surface area contributed by atoms with Gasteiger partial charge in [-0.2, -0.15) is 0 Å². The van der Waals surface area contributed by atoms with Crippen LogP contribution in [0.3, 0.4) is 0 Å². The van der Waals surface area contributed by atoms with E-state index in [1.807, 2.05) is 51.1 Å². The first kappa shape index (κ1) is 12.0. The van der Waals surface area contributed by atoms with E-state index in [2.05, 4.69) is 6.92 Å². The molecule has 0 saturated carbocycles. The highest BCUT2D eigenvalue weighted by atomic mass is 16.1. The van der Waals surface area contributed by atoms with E-state index in [1.54, 1.807) is 0 Å². The molecule has 0 aromatic heterocycles. The first-order valence-electron chi connectivity index (χ1n) is 5.58. The molecule has 1 unspecified atom stereocenters. The van der Waals surface area contributed by atoms with Gasteiger partial charge in [0.25, 0.3) is 0 Å². The molecular weight excluding hydrogens is 184 g/mol. The lowest BCUT2D eigenvalue weighted by molar-refractivity contribution is -0.128. The second-order valence-corrected chi connectivity index (χ2v) is 4.73. The lowest BCUT2D eigenvalue weighted by Gasteiger charge is -2.25. The molecule has 1 heteroatoms. The Morgan fingerprint density at radius 2 is 1.80 bits per heavy atom. The molecule has 1 aromatic rings. The van der Waals surface area contributed by atoms with E-state index in [0.29, 0.717) is 5.78 Å². The lowest BCUT2D eigenvalue weighted by atomic mass is 9.77. The first-order chi connectivity index (χ1) is 6.99. The largest absolute Gasteiger partial charge is 0.298 e. The number of benzene rings is 1. The number of hydrogen-bond acceptors (Lipinski definition) is 1. The molecule has 0 fully saturated rings. The van der Waals surface area contributed by atoms with E-state index >= 15 is 0 Å². The second kappa shape index (κ2) is 4.61. The molecule has 0 saturated heterocycles. The van der Waals surface area contributed by atoms with E-state index in [9.17, 15) is 4.79 Å². The molecule has 0 amide bonds. The molecule has 15 heavy (non-hydrogen) atoms. The zero-order valence-corrected chi connectivity index (χ0v) is 10.1. The van der Waals surface area contributed by atoms with Crippen LogP contribution in [0.2, 0.25) is 0 Å². The minimum atomic E-state index is -0.213. The van der Waals surface area contributed by atoms with Gasteiger partial charge in [-0.05, 0) is 12.0 Å². The predicted molar refractivity (Wildman–Crippen MR) is 63.9 cm³/mol. The van der Waals surface area contributed by atoms with Gasteiger partial charge in [-0.15, -0.1) is 0 Å². The Bertz CT molecular complexity index is 324. The van der Waals surface area contributed by atoms with Gasteiger partial charge in [0.15, 0.2) is 0 Å². The van der Waals surface area contributed by atoms with Gasteiger partial charge in [-0.1, -0.05) is 58.0 Å². The summed E-state index contributed by atoms with van der Waals surface area (Å²) >= 11 is 0. The van der Waals surface area contributed by atoms with Crippen molar-refractivity contribution in [3.63, 3.8) is 0 Å². The van der Waals surface area contributed by atoms with Crippen molar-refractivity contribution < 1.29 is 4.79 Å². The van der Waals surface area contributed by atoms with Crippen molar-refractivity contribution in [3.05, 3.63) is 35.9 Å². The van der Waals surface area contributed by atoms with Crippen LogP contribution in [0.5, 0.6) is 0 Å². The molecule has 0 aliphatic carbocycles. The Morgan fingerprint density at radius 1 is 1.27 bits per heavy atom. The van der Waals surface area contributed by atoms with Crippen LogP contribution in [0.1, 0.15) is 45.6 Å². The SMILES string of the molecule is CCC(C)(C)C(=O)C(C)c1ccccc1. The maximum atomic E-state index is 12.2. The van der Waals surface area contributed by atoms with Crippen molar-refractivity contribution in [1.29, 1.82) is 0 Å². The topological polar surface area (TPSA) is 17.1 Å². The van der Waals surface area contributed by atoms with Gasteiger partial charge in [0.2, 0.25) is 0 Å². The summed E-state index contributed by atoms with van der Waals surface area (Å²) in [5, 5.41) is 0. The van der Waals surface area contributed by atoms with E-state index < -0.39 is 0 Å². The van der Waals surface area contributed by atoms with Crippen LogP contribution in [0.15, 0.2) is 30.3 Å². The zero-order chi connectivity index (χ0) is 11.5. The molecule has 0 radical (unpaired) electrons. The van der Waals surface area contributed by atoms with Crippen molar-refractivity contribution in [1.82, 2.24) is 0 Å². The summed E-state index contributed by atoms with van der Waals surface area (Å²) in [4.78, 5) is 12.2. The van der Waals surface area contributed by atoms with Crippen molar-refractivity contribution in [2.24, 2.45) is 5.41 Å². The fourth-order valence-corrected chi connectivity index (χ4v) is 1.65. The van der Waals surface area contributed by atoms with Gasteiger partial charge in [0.05, 0.1) is 0 Å². The Kier molecular flexibility index (Phi) is 3.67. The van der Waals surface area contributed by atoms with E-state index in [1.165, 1.54) is 0 Å². The van der Waals surface area contributed by atoms with Gasteiger partial charge in [-0.25, -0.2) is 0 Å². The standard InChI is InChI=1S/C14H20O/c1-5-14(3,4)13(15)11(2)12-9-7-6-8-10-12/h6-11H,5H2,1-4H3. The summed E-state index contributed by atoms with van der Waals surface area (Å²) in [5.74, 6) is 0.331. The Hall–Kier alpha value is -1.11. The number of carbonyl (C=O) groups is 1. The van der Waals surface area contributed by atoms with E-state index in [4.69, 9.17) is 0 Å². The third-order valence-electron chi connectivity index (χ3n) is 3.24. The number of Topliss-reactive ketones (excluding diaryl/α,β-unsaturated/α-hetero) is 1. The van der Waals surface area contributed by atoms with Crippen LogP contribution < -0.4 is 0 Å². The van der Waals surface area contributed by atoms with Crippen LogP contribution >= 0.6 is 0 Å². The first-order valence-corrected chi connectivity index (χ1v) is 5.58. The highest BCUT2D eigenvalue weighted by molar-refractivity contribution is 5.90. The molecule has 0 N–H and O–H groups in total. The molecule has 0 heterocycles. The summed E-state index contributed by atoms with van der Waals surface area (Å²) in [5.41, 5.74) is 0.902. The number of hydrogen-bond donors (Lipinski definition) is 0. The molecule has 0 bridgehead atoms. The Morgan fingerprint density at radius 3 is 2.27 bits per heavy atom. The van der Waals surface area contributed by atoms with E-state index in [0.717, 1.165) is 12.0 Å². The molecule has 0 aliphatic heterocycles. The minimum Gasteiger partial charge on any atom is -0.298 e. The summed E-state index contributed by atoms with van der Waals surface area (Å²) in [6, 6.07) is 9.99. The molecule has 1 rings (SSSR count). The maximum Gasteiger partial charge on any atom is 0.145 e. The predicted octanol–water partition coefficient (Wildman–Crippen LogP) is 3.80. The van der Waals surface area contributed by atoms with Crippen LogP contribution in [0.25, 0.3) is 0 Å². The zero-order valence-electron chi connectivity index (χ0n) is 10.1. The summed E-state index contributed by atoms with van der Waals surface area (Å²) < 4.78 is 0. The number of ketones is 1. The smallest absolute Gasteiger partial charge is 0.145 e. The third kappa shape index (κ3) is 2.68. The summed E-state index contributed by atoms with van der Waals surface area (Å²) in [7, 11) is 0. The molecule has 82 valence electrons. The Balaban J connectivity index is 2.87. The Labute approximate surface area is 92.5 Å². The summed E-state index contributed by atoms with van der Waals surface area (Å²) in [6.07, 6.45) is 0.892. The average Bonchev–Trinajstić information content (AvgIpc) is 2.28. The van der Waals surface area contributed by atoms with E-state index in [-0.39, 0.29) is 11.3 Å². The van der Waals surface area contributed by atoms with Crippen molar-refractivity contribution >= 4 is 5.78 Å².